The van der Waals surface area contributed by atoms with Crippen LogP contribution >= 0.6 is 0 Å². The maximum atomic E-state index is 11.8. The number of carbonyl (C=O) groups excluding carboxylic acids is 1. The van der Waals surface area contributed by atoms with Crippen LogP contribution < -0.4 is 0 Å². The summed E-state index contributed by atoms with van der Waals surface area (Å²) < 4.78 is 5.27. The first-order chi connectivity index (χ1) is 7.02. The Balaban J connectivity index is 2.44. The molecule has 15 heavy (non-hydrogen) atoms. The van der Waals surface area contributed by atoms with Crippen molar-refractivity contribution in [3.05, 3.63) is 0 Å². The molecule has 1 fully saturated rings. The summed E-state index contributed by atoms with van der Waals surface area (Å²) in [6, 6.07) is 0.666. The Morgan fingerprint density at radius 2 is 1.93 bits per heavy atom. The summed E-state index contributed by atoms with van der Waals surface area (Å²) in [4.78, 5) is 13.7. The zero-order chi connectivity index (χ0) is 11.4. The highest BCUT2D eigenvalue weighted by Crippen LogP contribution is 2.27. The molecule has 0 atom stereocenters. The third-order valence-corrected chi connectivity index (χ3v) is 2.78. The minimum absolute atomic E-state index is 0.136. The van der Waals surface area contributed by atoms with E-state index in [1.165, 1.54) is 6.42 Å². The minimum Gasteiger partial charge on any atom is -0.449 e. The second kappa shape index (κ2) is 5.38. The molecule has 0 saturated heterocycles. The SMILES string of the molecule is CC(C)COC(=O)N(C(C)C)C1CCC1. The fourth-order valence-corrected chi connectivity index (χ4v) is 1.76. The van der Waals surface area contributed by atoms with Crippen molar-refractivity contribution >= 4 is 6.09 Å². The Hall–Kier alpha value is -0.730. The summed E-state index contributed by atoms with van der Waals surface area (Å²) >= 11 is 0. The van der Waals surface area contributed by atoms with Gasteiger partial charge in [0.2, 0.25) is 0 Å². The first-order valence-corrected chi connectivity index (χ1v) is 5.97. The van der Waals surface area contributed by atoms with Crippen LogP contribution in [0.1, 0.15) is 47.0 Å². The predicted octanol–water partition coefficient (Wildman–Crippen LogP) is 3.04. The van der Waals surface area contributed by atoms with Gasteiger partial charge in [-0.2, -0.15) is 0 Å². The summed E-state index contributed by atoms with van der Waals surface area (Å²) in [5.41, 5.74) is 0. The van der Waals surface area contributed by atoms with Crippen LogP contribution in [0.15, 0.2) is 0 Å². The van der Waals surface area contributed by atoms with Gasteiger partial charge in [0.15, 0.2) is 0 Å². The molecule has 1 amide bonds. The van der Waals surface area contributed by atoms with E-state index >= 15 is 0 Å². The largest absolute Gasteiger partial charge is 0.449 e. The van der Waals surface area contributed by atoms with Gasteiger partial charge in [0.05, 0.1) is 6.61 Å². The molecule has 1 saturated carbocycles. The van der Waals surface area contributed by atoms with Crippen molar-refractivity contribution in [1.82, 2.24) is 4.90 Å². The van der Waals surface area contributed by atoms with Crippen LogP contribution in [0.25, 0.3) is 0 Å². The molecule has 3 nitrogen and oxygen atoms in total. The molecule has 0 N–H and O–H groups in total. The maximum absolute atomic E-state index is 11.8. The van der Waals surface area contributed by atoms with E-state index in [0.717, 1.165) is 12.8 Å². The highest BCUT2D eigenvalue weighted by molar-refractivity contribution is 5.68. The van der Waals surface area contributed by atoms with Gasteiger partial charge in [-0.1, -0.05) is 13.8 Å². The molecule has 1 aliphatic carbocycles. The third kappa shape index (κ3) is 3.40. The highest BCUT2D eigenvalue weighted by atomic mass is 16.6. The Bertz CT molecular complexity index is 210. The fourth-order valence-electron chi connectivity index (χ4n) is 1.76. The molecule has 0 unspecified atom stereocenters. The standard InChI is InChI=1S/C12H23NO2/c1-9(2)8-15-12(14)13(10(3)4)11-6-5-7-11/h9-11H,5-8H2,1-4H3. The first-order valence-electron chi connectivity index (χ1n) is 5.97. The summed E-state index contributed by atoms with van der Waals surface area (Å²) in [6.07, 6.45) is 3.37. The van der Waals surface area contributed by atoms with E-state index in [-0.39, 0.29) is 12.1 Å². The van der Waals surface area contributed by atoms with Gasteiger partial charge in [-0.15, -0.1) is 0 Å². The Labute approximate surface area is 92.8 Å². The fraction of sp³-hybridized carbons (Fsp3) is 0.917. The van der Waals surface area contributed by atoms with E-state index < -0.39 is 0 Å². The smallest absolute Gasteiger partial charge is 0.410 e. The van der Waals surface area contributed by atoms with Crippen LogP contribution in [0.2, 0.25) is 0 Å². The quantitative estimate of drug-likeness (QED) is 0.718. The van der Waals surface area contributed by atoms with Gasteiger partial charge in [-0.3, -0.25) is 0 Å². The predicted molar refractivity (Wildman–Crippen MR) is 60.8 cm³/mol. The zero-order valence-corrected chi connectivity index (χ0v) is 10.3. The topological polar surface area (TPSA) is 29.5 Å². The van der Waals surface area contributed by atoms with Crippen LogP contribution in [0, 0.1) is 5.92 Å². The first kappa shape index (κ1) is 12.3. The summed E-state index contributed by atoms with van der Waals surface area (Å²) in [5, 5.41) is 0. The lowest BCUT2D eigenvalue weighted by Gasteiger charge is -2.39. The zero-order valence-electron chi connectivity index (χ0n) is 10.3. The number of hydrogen-bond donors (Lipinski definition) is 0. The minimum atomic E-state index is -0.136. The number of carbonyl (C=O) groups is 1. The van der Waals surface area contributed by atoms with Crippen LogP contribution in [-0.4, -0.2) is 29.7 Å². The summed E-state index contributed by atoms with van der Waals surface area (Å²) in [7, 11) is 0. The molecule has 88 valence electrons. The average Bonchev–Trinajstić information content (AvgIpc) is 2.06. The summed E-state index contributed by atoms with van der Waals surface area (Å²) in [5.74, 6) is 0.407. The van der Waals surface area contributed by atoms with Crippen molar-refractivity contribution in [3.63, 3.8) is 0 Å². The molecule has 3 heteroatoms. The number of hydrogen-bond acceptors (Lipinski definition) is 2. The molecule has 0 aliphatic heterocycles. The Morgan fingerprint density at radius 1 is 1.33 bits per heavy atom. The van der Waals surface area contributed by atoms with Gasteiger partial charge < -0.3 is 9.64 Å². The number of ether oxygens (including phenoxy) is 1. The normalized spacial score (nSPS) is 16.7. The lowest BCUT2D eigenvalue weighted by molar-refractivity contribution is 0.0458. The molecule has 0 bridgehead atoms. The van der Waals surface area contributed by atoms with E-state index in [4.69, 9.17) is 4.74 Å². The maximum Gasteiger partial charge on any atom is 0.410 e. The van der Waals surface area contributed by atoms with Crippen molar-refractivity contribution in [3.8, 4) is 0 Å². The molecular formula is C12H23NO2. The Kier molecular flexibility index (Phi) is 4.43. The molecule has 0 heterocycles. The van der Waals surface area contributed by atoms with Crippen molar-refractivity contribution in [1.29, 1.82) is 0 Å². The van der Waals surface area contributed by atoms with Crippen LogP contribution in [0.5, 0.6) is 0 Å². The number of amides is 1. The van der Waals surface area contributed by atoms with E-state index in [0.29, 0.717) is 18.6 Å². The number of rotatable bonds is 4. The van der Waals surface area contributed by atoms with E-state index in [1.54, 1.807) is 0 Å². The van der Waals surface area contributed by atoms with Gasteiger partial charge >= 0.3 is 6.09 Å². The molecule has 0 aromatic carbocycles. The lowest BCUT2D eigenvalue weighted by Crippen LogP contribution is -2.48. The average molecular weight is 213 g/mol. The molecule has 0 radical (unpaired) electrons. The van der Waals surface area contributed by atoms with E-state index in [9.17, 15) is 4.79 Å². The lowest BCUT2D eigenvalue weighted by atomic mass is 9.91. The van der Waals surface area contributed by atoms with Gasteiger partial charge in [-0.05, 0) is 39.0 Å². The van der Waals surface area contributed by atoms with Crippen LogP contribution in [-0.2, 0) is 4.74 Å². The second-order valence-electron chi connectivity index (χ2n) is 5.06. The monoisotopic (exact) mass is 213 g/mol. The second-order valence-corrected chi connectivity index (χ2v) is 5.06. The van der Waals surface area contributed by atoms with Gasteiger partial charge in [0.25, 0.3) is 0 Å². The van der Waals surface area contributed by atoms with Crippen molar-refractivity contribution in [2.75, 3.05) is 6.61 Å². The molecule has 0 aromatic rings. The van der Waals surface area contributed by atoms with Crippen molar-refractivity contribution < 1.29 is 9.53 Å². The van der Waals surface area contributed by atoms with E-state index in [2.05, 4.69) is 27.7 Å². The van der Waals surface area contributed by atoms with Crippen LogP contribution in [0.4, 0.5) is 4.79 Å². The molecule has 1 rings (SSSR count). The van der Waals surface area contributed by atoms with Crippen molar-refractivity contribution in [2.45, 2.75) is 59.0 Å². The molecule has 0 aromatic heterocycles. The van der Waals surface area contributed by atoms with E-state index in [1.807, 2.05) is 4.90 Å². The molecular weight excluding hydrogens is 190 g/mol. The number of nitrogens with zero attached hydrogens (tertiary/aromatic N) is 1. The molecule has 1 aliphatic rings. The summed E-state index contributed by atoms with van der Waals surface area (Å²) in [6.45, 7) is 8.73. The van der Waals surface area contributed by atoms with Crippen LogP contribution in [0.3, 0.4) is 0 Å². The van der Waals surface area contributed by atoms with Crippen molar-refractivity contribution in [2.24, 2.45) is 5.92 Å². The highest BCUT2D eigenvalue weighted by Gasteiger charge is 2.31. The van der Waals surface area contributed by atoms with Gasteiger partial charge in [0.1, 0.15) is 0 Å². The van der Waals surface area contributed by atoms with Gasteiger partial charge in [-0.25, -0.2) is 4.79 Å². The third-order valence-electron chi connectivity index (χ3n) is 2.78. The Morgan fingerprint density at radius 3 is 2.27 bits per heavy atom. The molecule has 0 spiro atoms. The van der Waals surface area contributed by atoms with Gasteiger partial charge in [0, 0.05) is 12.1 Å².